The lowest BCUT2D eigenvalue weighted by Crippen LogP contribution is -2.24. The van der Waals surface area contributed by atoms with Crippen LogP contribution in [0.15, 0.2) is 42.5 Å². The average Bonchev–Trinajstić information content (AvgIpc) is 2.46. The van der Waals surface area contributed by atoms with Gasteiger partial charge in [0.25, 0.3) is 5.91 Å². The molecule has 0 radical (unpaired) electrons. The highest BCUT2D eigenvalue weighted by Crippen LogP contribution is 2.22. The molecule has 0 saturated heterocycles. The number of benzene rings is 2. The SMILES string of the molecule is CC(C)Oc1ccccc1C(=O)NCc1ccc(Cl)cc1Cl. The number of halogens is 2. The fourth-order valence-electron chi connectivity index (χ4n) is 1.95. The minimum atomic E-state index is -0.206. The third kappa shape index (κ3) is 4.39. The molecule has 2 aromatic rings. The molecule has 0 spiro atoms. The number of hydrogen-bond donors (Lipinski definition) is 1. The number of rotatable bonds is 5. The van der Waals surface area contributed by atoms with Crippen LogP contribution in [-0.4, -0.2) is 12.0 Å². The van der Waals surface area contributed by atoms with Gasteiger partial charge in [-0.2, -0.15) is 0 Å². The van der Waals surface area contributed by atoms with Gasteiger partial charge in [-0.1, -0.05) is 41.4 Å². The molecular formula is C17H17Cl2NO2. The molecule has 0 aliphatic rings. The topological polar surface area (TPSA) is 38.3 Å². The number of ether oxygens (including phenoxy) is 1. The largest absolute Gasteiger partial charge is 0.490 e. The molecule has 0 heterocycles. The van der Waals surface area contributed by atoms with E-state index in [4.69, 9.17) is 27.9 Å². The van der Waals surface area contributed by atoms with E-state index in [0.29, 0.717) is 27.9 Å². The quantitative estimate of drug-likeness (QED) is 0.857. The third-order valence-corrected chi connectivity index (χ3v) is 3.54. The molecule has 116 valence electrons. The fourth-order valence-corrected chi connectivity index (χ4v) is 2.42. The van der Waals surface area contributed by atoms with Crippen LogP contribution < -0.4 is 10.1 Å². The van der Waals surface area contributed by atoms with Crippen molar-refractivity contribution in [1.29, 1.82) is 0 Å². The van der Waals surface area contributed by atoms with Gasteiger partial charge < -0.3 is 10.1 Å². The molecule has 0 saturated carbocycles. The van der Waals surface area contributed by atoms with Crippen LogP contribution in [0.5, 0.6) is 5.75 Å². The predicted molar refractivity (Wildman–Crippen MR) is 89.8 cm³/mol. The second-order valence-corrected chi connectivity index (χ2v) is 5.92. The van der Waals surface area contributed by atoms with E-state index in [9.17, 15) is 4.79 Å². The van der Waals surface area contributed by atoms with Crippen molar-refractivity contribution in [3.05, 3.63) is 63.6 Å². The Morgan fingerprint density at radius 1 is 1.18 bits per heavy atom. The summed E-state index contributed by atoms with van der Waals surface area (Å²) in [5.74, 6) is 0.361. The Morgan fingerprint density at radius 3 is 2.59 bits per heavy atom. The maximum Gasteiger partial charge on any atom is 0.255 e. The first-order valence-electron chi connectivity index (χ1n) is 6.95. The zero-order valence-corrected chi connectivity index (χ0v) is 13.9. The zero-order valence-electron chi connectivity index (χ0n) is 12.4. The monoisotopic (exact) mass is 337 g/mol. The highest BCUT2D eigenvalue weighted by Gasteiger charge is 2.13. The van der Waals surface area contributed by atoms with E-state index in [0.717, 1.165) is 5.56 Å². The lowest BCUT2D eigenvalue weighted by atomic mass is 10.1. The van der Waals surface area contributed by atoms with Crippen LogP contribution in [0.4, 0.5) is 0 Å². The first-order chi connectivity index (χ1) is 10.5. The molecule has 0 unspecified atom stereocenters. The third-order valence-electron chi connectivity index (χ3n) is 2.95. The van der Waals surface area contributed by atoms with Gasteiger partial charge >= 0.3 is 0 Å². The van der Waals surface area contributed by atoms with E-state index >= 15 is 0 Å². The molecular weight excluding hydrogens is 321 g/mol. The number of carbonyl (C=O) groups excluding carboxylic acids is 1. The minimum absolute atomic E-state index is 0.000315. The molecule has 22 heavy (non-hydrogen) atoms. The van der Waals surface area contributed by atoms with Gasteiger partial charge in [0.2, 0.25) is 0 Å². The van der Waals surface area contributed by atoms with Gasteiger partial charge in [-0.15, -0.1) is 0 Å². The van der Waals surface area contributed by atoms with Gasteiger partial charge in [0, 0.05) is 16.6 Å². The predicted octanol–water partition coefficient (Wildman–Crippen LogP) is 4.71. The lowest BCUT2D eigenvalue weighted by Gasteiger charge is -2.14. The molecule has 3 nitrogen and oxygen atoms in total. The summed E-state index contributed by atoms with van der Waals surface area (Å²) < 4.78 is 5.65. The summed E-state index contributed by atoms with van der Waals surface area (Å²) >= 11 is 12.0. The summed E-state index contributed by atoms with van der Waals surface area (Å²) in [7, 11) is 0. The van der Waals surface area contributed by atoms with Gasteiger partial charge in [0.15, 0.2) is 0 Å². The van der Waals surface area contributed by atoms with Crippen LogP contribution in [0.3, 0.4) is 0 Å². The molecule has 2 rings (SSSR count). The molecule has 0 aliphatic heterocycles. The van der Waals surface area contributed by atoms with E-state index in [2.05, 4.69) is 5.32 Å². The zero-order chi connectivity index (χ0) is 16.1. The van der Waals surface area contributed by atoms with Gasteiger partial charge in [-0.25, -0.2) is 0 Å². The van der Waals surface area contributed by atoms with Gasteiger partial charge in [0.05, 0.1) is 11.7 Å². The Hall–Kier alpha value is -1.71. The minimum Gasteiger partial charge on any atom is -0.490 e. The van der Waals surface area contributed by atoms with E-state index in [1.807, 2.05) is 19.9 Å². The molecule has 5 heteroatoms. The van der Waals surface area contributed by atoms with Crippen molar-refractivity contribution in [1.82, 2.24) is 5.32 Å². The maximum atomic E-state index is 12.3. The van der Waals surface area contributed by atoms with Crippen LogP contribution >= 0.6 is 23.2 Å². The van der Waals surface area contributed by atoms with Gasteiger partial charge in [-0.3, -0.25) is 4.79 Å². The average molecular weight is 338 g/mol. The summed E-state index contributed by atoms with van der Waals surface area (Å²) in [5.41, 5.74) is 1.31. The van der Waals surface area contributed by atoms with E-state index in [1.165, 1.54) is 0 Å². The highest BCUT2D eigenvalue weighted by molar-refractivity contribution is 6.35. The highest BCUT2D eigenvalue weighted by atomic mass is 35.5. The van der Waals surface area contributed by atoms with Gasteiger partial charge in [-0.05, 0) is 43.7 Å². The molecule has 0 aliphatic carbocycles. The van der Waals surface area contributed by atoms with Crippen molar-refractivity contribution in [2.75, 3.05) is 0 Å². The Balaban J connectivity index is 2.09. The summed E-state index contributed by atoms with van der Waals surface area (Å²) in [6.45, 7) is 4.16. The van der Waals surface area contributed by atoms with Crippen molar-refractivity contribution < 1.29 is 9.53 Å². The summed E-state index contributed by atoms with van der Waals surface area (Å²) in [5, 5.41) is 3.94. The normalized spacial score (nSPS) is 10.6. The first-order valence-corrected chi connectivity index (χ1v) is 7.71. The van der Waals surface area contributed by atoms with Crippen LogP contribution in [0.1, 0.15) is 29.8 Å². The fraction of sp³-hybridized carbons (Fsp3) is 0.235. The van der Waals surface area contributed by atoms with Crippen LogP contribution in [0.2, 0.25) is 10.0 Å². The smallest absolute Gasteiger partial charge is 0.255 e. The number of nitrogens with one attached hydrogen (secondary N) is 1. The first kappa shape index (κ1) is 16.7. The summed E-state index contributed by atoms with van der Waals surface area (Å²) in [4.78, 5) is 12.3. The standard InChI is InChI=1S/C17H17Cl2NO2/c1-11(2)22-16-6-4-3-5-14(16)17(21)20-10-12-7-8-13(18)9-15(12)19/h3-9,11H,10H2,1-2H3,(H,20,21). The van der Waals surface area contributed by atoms with E-state index in [1.54, 1.807) is 36.4 Å². The van der Waals surface area contributed by atoms with Gasteiger partial charge in [0.1, 0.15) is 5.75 Å². The van der Waals surface area contributed by atoms with E-state index in [-0.39, 0.29) is 12.0 Å². The van der Waals surface area contributed by atoms with Crippen molar-refractivity contribution in [2.24, 2.45) is 0 Å². The number of para-hydroxylation sites is 1. The Bertz CT molecular complexity index is 671. The molecule has 1 amide bonds. The molecule has 0 fully saturated rings. The van der Waals surface area contributed by atoms with Crippen molar-refractivity contribution >= 4 is 29.1 Å². The number of hydrogen-bond acceptors (Lipinski definition) is 2. The Morgan fingerprint density at radius 2 is 1.91 bits per heavy atom. The molecule has 0 bridgehead atoms. The van der Waals surface area contributed by atoms with Crippen LogP contribution in [-0.2, 0) is 6.54 Å². The van der Waals surface area contributed by atoms with Crippen molar-refractivity contribution in [3.8, 4) is 5.75 Å². The number of amides is 1. The molecule has 1 N–H and O–H groups in total. The number of carbonyl (C=O) groups is 1. The van der Waals surface area contributed by atoms with Crippen molar-refractivity contribution in [2.45, 2.75) is 26.5 Å². The second kappa shape index (κ2) is 7.52. The molecule has 2 aromatic carbocycles. The molecule has 0 aromatic heterocycles. The Labute approximate surface area is 140 Å². The molecule has 0 atom stereocenters. The lowest BCUT2D eigenvalue weighted by molar-refractivity contribution is 0.0945. The summed E-state index contributed by atoms with van der Waals surface area (Å²) in [6.07, 6.45) is -0.000315. The van der Waals surface area contributed by atoms with Crippen LogP contribution in [0, 0.1) is 0 Å². The summed E-state index contributed by atoms with van der Waals surface area (Å²) in [6, 6.07) is 12.3. The van der Waals surface area contributed by atoms with E-state index < -0.39 is 0 Å². The maximum absolute atomic E-state index is 12.3. The Kier molecular flexibility index (Phi) is 5.69. The second-order valence-electron chi connectivity index (χ2n) is 5.08. The van der Waals surface area contributed by atoms with Crippen LogP contribution in [0.25, 0.3) is 0 Å². The van der Waals surface area contributed by atoms with Crippen molar-refractivity contribution in [3.63, 3.8) is 0 Å².